The molecule has 14 heavy (non-hydrogen) atoms. The van der Waals surface area contributed by atoms with E-state index in [0.717, 1.165) is 5.56 Å². The number of hydrogen-bond donors (Lipinski definition) is 2. The maximum atomic E-state index is 13.3. The van der Waals surface area contributed by atoms with Crippen LogP contribution < -0.4 is 0 Å². The Balaban J connectivity index is 3.11. The van der Waals surface area contributed by atoms with Gasteiger partial charge in [-0.05, 0) is 18.6 Å². The molecule has 0 amide bonds. The van der Waals surface area contributed by atoms with E-state index in [0.29, 0.717) is 4.47 Å². The maximum absolute atomic E-state index is 13.3. The third-order valence-electron chi connectivity index (χ3n) is 2.06. The summed E-state index contributed by atoms with van der Waals surface area (Å²) in [7, 11) is 0. The fourth-order valence-electron chi connectivity index (χ4n) is 1.25. The molecule has 0 saturated heterocycles. The summed E-state index contributed by atoms with van der Waals surface area (Å²) in [4.78, 5) is 0. The van der Waals surface area contributed by atoms with Gasteiger partial charge >= 0.3 is 0 Å². The molecular weight excluding hydrogens is 251 g/mol. The Labute approximate surface area is 90.5 Å². The highest BCUT2D eigenvalue weighted by atomic mass is 79.9. The van der Waals surface area contributed by atoms with Crippen molar-refractivity contribution >= 4 is 15.9 Å². The van der Waals surface area contributed by atoms with E-state index in [1.54, 1.807) is 6.07 Å². The van der Waals surface area contributed by atoms with E-state index in [2.05, 4.69) is 15.9 Å². The fraction of sp³-hybridized carbons (Fsp3) is 0.400. The van der Waals surface area contributed by atoms with Crippen molar-refractivity contribution in [3.8, 4) is 0 Å². The third kappa shape index (κ3) is 2.32. The number of aryl methyl sites for hydroxylation is 1. The van der Waals surface area contributed by atoms with Crippen molar-refractivity contribution in [3.05, 3.63) is 33.5 Å². The predicted octanol–water partition coefficient (Wildman–Crippen LogP) is 2.31. The Bertz CT molecular complexity index is 328. The van der Waals surface area contributed by atoms with Crippen molar-refractivity contribution in [2.75, 3.05) is 6.61 Å². The quantitative estimate of drug-likeness (QED) is 0.878. The van der Waals surface area contributed by atoms with Crippen LogP contribution in [-0.2, 0) is 0 Å². The second-order valence-corrected chi connectivity index (χ2v) is 3.91. The number of aliphatic hydroxyl groups excluding tert-OH is 2. The van der Waals surface area contributed by atoms with Gasteiger partial charge in [0.2, 0.25) is 0 Å². The smallest absolute Gasteiger partial charge is 0.130 e. The van der Waals surface area contributed by atoms with Crippen molar-refractivity contribution in [2.45, 2.75) is 19.4 Å². The first-order valence-electron chi connectivity index (χ1n) is 4.31. The van der Waals surface area contributed by atoms with Gasteiger partial charge in [-0.25, -0.2) is 4.39 Å². The van der Waals surface area contributed by atoms with E-state index < -0.39 is 11.9 Å². The summed E-state index contributed by atoms with van der Waals surface area (Å²) in [6.45, 7) is 1.65. The summed E-state index contributed by atoms with van der Waals surface area (Å²) in [6, 6.07) is 2.95. The van der Waals surface area contributed by atoms with Crippen LogP contribution in [0, 0.1) is 12.7 Å². The molecule has 1 atom stereocenters. The van der Waals surface area contributed by atoms with E-state index >= 15 is 0 Å². The minimum atomic E-state index is -0.964. The molecule has 0 aromatic heterocycles. The average Bonchev–Trinajstić information content (AvgIpc) is 2.13. The minimum absolute atomic E-state index is 0.138. The zero-order valence-corrected chi connectivity index (χ0v) is 9.38. The van der Waals surface area contributed by atoms with Crippen molar-refractivity contribution < 1.29 is 14.6 Å². The Morgan fingerprint density at radius 2 is 2.14 bits per heavy atom. The Morgan fingerprint density at radius 1 is 1.50 bits per heavy atom. The summed E-state index contributed by atoms with van der Waals surface area (Å²) in [5.41, 5.74) is 1.08. The highest BCUT2D eigenvalue weighted by molar-refractivity contribution is 9.10. The third-order valence-corrected chi connectivity index (χ3v) is 3.11. The van der Waals surface area contributed by atoms with Crippen LogP contribution in [0.3, 0.4) is 0 Å². The van der Waals surface area contributed by atoms with E-state index in [-0.39, 0.29) is 18.6 Å². The van der Waals surface area contributed by atoms with Crippen LogP contribution >= 0.6 is 15.9 Å². The molecule has 2 N–H and O–H groups in total. The van der Waals surface area contributed by atoms with Gasteiger partial charge in [-0.1, -0.05) is 22.0 Å². The van der Waals surface area contributed by atoms with Crippen LogP contribution in [0.2, 0.25) is 0 Å². The van der Waals surface area contributed by atoms with Gasteiger partial charge in [0.15, 0.2) is 0 Å². The van der Waals surface area contributed by atoms with Gasteiger partial charge in [0, 0.05) is 23.1 Å². The van der Waals surface area contributed by atoms with Crippen molar-refractivity contribution in [1.29, 1.82) is 0 Å². The highest BCUT2D eigenvalue weighted by Gasteiger charge is 2.17. The molecule has 0 aliphatic rings. The zero-order chi connectivity index (χ0) is 10.7. The maximum Gasteiger partial charge on any atom is 0.130 e. The second kappa shape index (κ2) is 4.87. The molecule has 1 aromatic carbocycles. The summed E-state index contributed by atoms with van der Waals surface area (Å²) in [5, 5.41) is 18.2. The average molecular weight is 263 g/mol. The first kappa shape index (κ1) is 11.6. The van der Waals surface area contributed by atoms with Crippen LogP contribution in [0.4, 0.5) is 4.39 Å². The highest BCUT2D eigenvalue weighted by Crippen LogP contribution is 2.30. The van der Waals surface area contributed by atoms with E-state index in [1.807, 2.05) is 6.92 Å². The number of benzene rings is 1. The van der Waals surface area contributed by atoms with Crippen LogP contribution in [0.1, 0.15) is 23.7 Å². The molecule has 1 aromatic rings. The van der Waals surface area contributed by atoms with Crippen molar-refractivity contribution in [3.63, 3.8) is 0 Å². The lowest BCUT2D eigenvalue weighted by atomic mass is 10.0. The molecule has 2 nitrogen and oxygen atoms in total. The minimum Gasteiger partial charge on any atom is -0.396 e. The Morgan fingerprint density at radius 3 is 2.71 bits per heavy atom. The van der Waals surface area contributed by atoms with Crippen molar-refractivity contribution in [1.82, 2.24) is 0 Å². The molecule has 4 heteroatoms. The first-order valence-corrected chi connectivity index (χ1v) is 5.10. The number of rotatable bonds is 3. The molecular formula is C10H12BrFO2. The number of aliphatic hydroxyl groups is 2. The van der Waals surface area contributed by atoms with Gasteiger partial charge in [0.25, 0.3) is 0 Å². The monoisotopic (exact) mass is 262 g/mol. The normalized spacial score (nSPS) is 12.9. The van der Waals surface area contributed by atoms with Gasteiger partial charge < -0.3 is 10.2 Å². The molecule has 1 unspecified atom stereocenters. The summed E-state index contributed by atoms with van der Waals surface area (Å²) in [5.74, 6) is -0.455. The molecule has 0 aliphatic heterocycles. The topological polar surface area (TPSA) is 40.5 Å². The van der Waals surface area contributed by atoms with Gasteiger partial charge in [-0.2, -0.15) is 0 Å². The fourth-order valence-corrected chi connectivity index (χ4v) is 1.84. The van der Waals surface area contributed by atoms with Crippen LogP contribution in [0.15, 0.2) is 16.6 Å². The second-order valence-electron chi connectivity index (χ2n) is 3.12. The first-order chi connectivity index (χ1) is 6.57. The van der Waals surface area contributed by atoms with Crippen LogP contribution in [0.25, 0.3) is 0 Å². The van der Waals surface area contributed by atoms with Gasteiger partial charge in [0.1, 0.15) is 5.82 Å². The van der Waals surface area contributed by atoms with Crippen LogP contribution in [-0.4, -0.2) is 16.8 Å². The lowest BCUT2D eigenvalue weighted by Gasteiger charge is -2.14. The summed E-state index contributed by atoms with van der Waals surface area (Å²) >= 11 is 3.22. The molecule has 1 rings (SSSR count). The number of hydrogen-bond acceptors (Lipinski definition) is 2. The lowest BCUT2D eigenvalue weighted by molar-refractivity contribution is 0.130. The predicted molar refractivity (Wildman–Crippen MR) is 55.5 cm³/mol. The lowest BCUT2D eigenvalue weighted by Crippen LogP contribution is -2.05. The molecule has 0 aliphatic carbocycles. The Hall–Kier alpha value is -0.450. The summed E-state index contributed by atoms with van der Waals surface area (Å²) < 4.78 is 13.9. The number of halogens is 2. The molecule has 0 fully saturated rings. The molecule has 0 bridgehead atoms. The summed E-state index contributed by atoms with van der Waals surface area (Å²) in [6.07, 6.45) is -0.826. The van der Waals surface area contributed by atoms with Gasteiger partial charge in [-0.15, -0.1) is 0 Å². The molecule has 0 spiro atoms. The molecule has 0 radical (unpaired) electrons. The molecule has 78 valence electrons. The molecule has 0 saturated carbocycles. The van der Waals surface area contributed by atoms with Crippen LogP contribution in [0.5, 0.6) is 0 Å². The van der Waals surface area contributed by atoms with E-state index in [4.69, 9.17) is 5.11 Å². The van der Waals surface area contributed by atoms with Crippen molar-refractivity contribution in [2.24, 2.45) is 0 Å². The largest absolute Gasteiger partial charge is 0.396 e. The van der Waals surface area contributed by atoms with E-state index in [1.165, 1.54) is 6.07 Å². The zero-order valence-electron chi connectivity index (χ0n) is 7.80. The molecule has 0 heterocycles. The van der Waals surface area contributed by atoms with Gasteiger partial charge in [0.05, 0.1) is 6.10 Å². The standard InChI is InChI=1S/C10H12BrFO2/c1-6-2-3-7(12)9(10(6)11)8(14)4-5-13/h2-3,8,13-14H,4-5H2,1H3. The SMILES string of the molecule is Cc1ccc(F)c(C(O)CCO)c1Br. The van der Waals surface area contributed by atoms with E-state index in [9.17, 15) is 9.50 Å². The van der Waals surface area contributed by atoms with Gasteiger partial charge in [-0.3, -0.25) is 0 Å². The Kier molecular flexibility index (Phi) is 4.04.